The molecule has 2 aliphatic heterocycles. The first kappa shape index (κ1) is 19.9. The number of ether oxygens (including phenoxy) is 5. The van der Waals surface area contributed by atoms with Crippen LogP contribution in [0.3, 0.4) is 0 Å². The van der Waals surface area contributed by atoms with Crippen LogP contribution in [0.25, 0.3) is 0 Å². The smallest absolute Gasteiger partial charge is 0.432 e. The fourth-order valence-electron chi connectivity index (χ4n) is 2.67. The first-order valence-electron chi connectivity index (χ1n) is 8.33. The standard InChI is InChI=1S/C15H19N3O10/c1-7(2)25-14(21)23-6-24-17-9-3-4-18(13(20)16-9)12-11-10(8(5-19)26-12)27-15(22)28-11/h3-4,7-8,10-12,19H,5-6H2,1-2H3,(H,16,17,20)/t8-,10-,11-,12-/m1/s1. The topological polar surface area (TPSA) is 157 Å². The van der Waals surface area contributed by atoms with Crippen molar-refractivity contribution in [3.63, 3.8) is 0 Å². The molecule has 0 spiro atoms. The van der Waals surface area contributed by atoms with Gasteiger partial charge in [0.05, 0.1) is 12.7 Å². The summed E-state index contributed by atoms with van der Waals surface area (Å²) in [5, 5.41) is 9.34. The molecule has 13 heteroatoms. The highest BCUT2D eigenvalue weighted by atomic mass is 16.8. The third-order valence-corrected chi connectivity index (χ3v) is 3.78. The van der Waals surface area contributed by atoms with Crippen LogP contribution in [0.5, 0.6) is 0 Å². The summed E-state index contributed by atoms with van der Waals surface area (Å²) in [6.45, 7) is 2.44. The van der Waals surface area contributed by atoms with Crippen molar-refractivity contribution in [1.29, 1.82) is 0 Å². The molecule has 28 heavy (non-hydrogen) atoms. The molecule has 2 N–H and O–H groups in total. The Hall–Kier alpha value is -2.90. The van der Waals surface area contributed by atoms with Gasteiger partial charge in [-0.2, -0.15) is 4.98 Å². The Morgan fingerprint density at radius 2 is 2.11 bits per heavy atom. The molecular formula is C15H19N3O10. The summed E-state index contributed by atoms with van der Waals surface area (Å²) in [7, 11) is 0. The minimum atomic E-state index is -1.00. The van der Waals surface area contributed by atoms with Crippen LogP contribution >= 0.6 is 0 Å². The van der Waals surface area contributed by atoms with Crippen LogP contribution in [0.4, 0.5) is 15.4 Å². The maximum atomic E-state index is 12.3. The molecule has 0 amide bonds. The van der Waals surface area contributed by atoms with Crippen molar-refractivity contribution in [1.82, 2.24) is 9.55 Å². The van der Waals surface area contributed by atoms with Crippen LogP contribution in [-0.4, -0.2) is 64.8 Å². The number of hydrogen-bond acceptors (Lipinski definition) is 12. The van der Waals surface area contributed by atoms with Crippen LogP contribution in [0.2, 0.25) is 0 Å². The van der Waals surface area contributed by atoms with Gasteiger partial charge in [-0.1, -0.05) is 0 Å². The van der Waals surface area contributed by atoms with Crippen LogP contribution in [0.1, 0.15) is 20.1 Å². The molecule has 0 radical (unpaired) electrons. The molecule has 0 bridgehead atoms. The number of rotatable bonds is 7. The van der Waals surface area contributed by atoms with E-state index in [0.29, 0.717) is 0 Å². The van der Waals surface area contributed by atoms with Gasteiger partial charge >= 0.3 is 18.0 Å². The van der Waals surface area contributed by atoms with Crippen molar-refractivity contribution < 1.29 is 43.2 Å². The lowest BCUT2D eigenvalue weighted by atomic mass is 10.1. The Bertz CT molecular complexity index is 782. The Labute approximate surface area is 158 Å². The zero-order chi connectivity index (χ0) is 20.3. The molecule has 0 saturated carbocycles. The van der Waals surface area contributed by atoms with Gasteiger partial charge in [-0.05, 0) is 19.9 Å². The van der Waals surface area contributed by atoms with E-state index in [0.717, 1.165) is 4.57 Å². The highest BCUT2D eigenvalue weighted by molar-refractivity contribution is 5.63. The molecule has 154 valence electrons. The molecule has 4 atom stereocenters. The monoisotopic (exact) mass is 401 g/mol. The number of carbonyl (C=O) groups excluding carboxylic acids is 2. The Morgan fingerprint density at radius 1 is 1.36 bits per heavy atom. The van der Waals surface area contributed by atoms with Crippen molar-refractivity contribution in [3.05, 3.63) is 22.7 Å². The minimum Gasteiger partial charge on any atom is -0.432 e. The highest BCUT2D eigenvalue weighted by Gasteiger charge is 2.55. The molecular weight excluding hydrogens is 382 g/mol. The Kier molecular flexibility index (Phi) is 5.96. The summed E-state index contributed by atoms with van der Waals surface area (Å²) < 4.78 is 26.0. The lowest BCUT2D eigenvalue weighted by Crippen LogP contribution is -2.34. The third kappa shape index (κ3) is 4.32. The second-order valence-electron chi connectivity index (χ2n) is 6.09. The molecule has 2 aliphatic rings. The molecule has 3 rings (SSSR count). The van der Waals surface area contributed by atoms with Crippen LogP contribution in [0.15, 0.2) is 17.1 Å². The first-order valence-corrected chi connectivity index (χ1v) is 8.33. The van der Waals surface area contributed by atoms with Crippen molar-refractivity contribution in [3.8, 4) is 0 Å². The number of fused-ring (bicyclic) bond motifs is 1. The molecule has 2 saturated heterocycles. The summed E-state index contributed by atoms with van der Waals surface area (Å²) in [6, 6.07) is 1.39. The lowest BCUT2D eigenvalue weighted by molar-refractivity contribution is -0.0735. The van der Waals surface area contributed by atoms with E-state index in [1.54, 1.807) is 13.8 Å². The second-order valence-corrected chi connectivity index (χ2v) is 6.09. The van der Waals surface area contributed by atoms with Gasteiger partial charge in [0, 0.05) is 6.20 Å². The molecule has 0 aliphatic carbocycles. The maximum absolute atomic E-state index is 12.3. The van der Waals surface area contributed by atoms with Gasteiger partial charge in [0.1, 0.15) is 6.10 Å². The summed E-state index contributed by atoms with van der Waals surface area (Å²) in [5.74, 6) is 0.0370. The summed E-state index contributed by atoms with van der Waals surface area (Å²) >= 11 is 0. The van der Waals surface area contributed by atoms with Crippen LogP contribution in [0, 0.1) is 0 Å². The van der Waals surface area contributed by atoms with Crippen LogP contribution in [-0.2, 0) is 28.5 Å². The predicted molar refractivity (Wildman–Crippen MR) is 86.9 cm³/mol. The lowest BCUT2D eigenvalue weighted by Gasteiger charge is -2.18. The quantitative estimate of drug-likeness (QED) is 0.271. The van der Waals surface area contributed by atoms with Gasteiger partial charge in [0.2, 0.25) is 6.79 Å². The third-order valence-electron chi connectivity index (χ3n) is 3.78. The van der Waals surface area contributed by atoms with E-state index < -0.39 is 55.9 Å². The molecule has 13 nitrogen and oxygen atoms in total. The normalized spacial score (nSPS) is 25.8. The van der Waals surface area contributed by atoms with Gasteiger partial charge in [-0.25, -0.2) is 24.7 Å². The second kappa shape index (κ2) is 8.41. The van der Waals surface area contributed by atoms with Crippen molar-refractivity contribution in [2.75, 3.05) is 18.9 Å². The van der Waals surface area contributed by atoms with Gasteiger partial charge in [-0.15, -0.1) is 0 Å². The number of carbonyl (C=O) groups is 2. The zero-order valence-corrected chi connectivity index (χ0v) is 15.0. The van der Waals surface area contributed by atoms with Gasteiger partial charge < -0.3 is 28.8 Å². The molecule has 1 aromatic heterocycles. The fraction of sp³-hybridized carbons (Fsp3) is 0.600. The number of hydrogen-bond donors (Lipinski definition) is 2. The predicted octanol–water partition coefficient (Wildman–Crippen LogP) is -0.100. The number of aromatic nitrogens is 2. The number of nitrogens with zero attached hydrogens (tertiary/aromatic N) is 2. The molecule has 2 fully saturated rings. The number of aliphatic hydroxyl groups is 1. The highest BCUT2D eigenvalue weighted by Crippen LogP contribution is 2.36. The Balaban J connectivity index is 1.58. The van der Waals surface area contributed by atoms with Crippen molar-refractivity contribution in [2.24, 2.45) is 0 Å². The largest absolute Gasteiger partial charge is 0.510 e. The van der Waals surface area contributed by atoms with Gasteiger partial charge in [-0.3, -0.25) is 4.57 Å². The van der Waals surface area contributed by atoms with E-state index in [2.05, 4.69) is 15.2 Å². The van der Waals surface area contributed by atoms with Crippen LogP contribution < -0.4 is 11.2 Å². The van der Waals surface area contributed by atoms with E-state index >= 15 is 0 Å². The van der Waals surface area contributed by atoms with Gasteiger partial charge in [0.25, 0.3) is 0 Å². The number of aliphatic hydroxyl groups excluding tert-OH is 1. The maximum Gasteiger partial charge on any atom is 0.510 e. The molecule has 1 aromatic rings. The molecule has 3 heterocycles. The first-order chi connectivity index (χ1) is 13.4. The number of anilines is 1. The zero-order valence-electron chi connectivity index (χ0n) is 15.0. The summed E-state index contributed by atoms with van der Waals surface area (Å²) in [6.07, 6.45) is -4.33. The average Bonchev–Trinajstić information content (AvgIpc) is 3.15. The van der Waals surface area contributed by atoms with E-state index in [1.807, 2.05) is 0 Å². The van der Waals surface area contributed by atoms with E-state index in [-0.39, 0.29) is 11.9 Å². The average molecular weight is 401 g/mol. The Morgan fingerprint density at radius 3 is 2.79 bits per heavy atom. The summed E-state index contributed by atoms with van der Waals surface area (Å²) in [4.78, 5) is 43.4. The van der Waals surface area contributed by atoms with Gasteiger partial charge in [0.15, 0.2) is 24.3 Å². The minimum absolute atomic E-state index is 0.0370. The number of nitrogens with one attached hydrogen (secondary N) is 1. The van der Waals surface area contributed by atoms with Crippen molar-refractivity contribution >= 4 is 18.1 Å². The SMILES string of the molecule is CC(C)OC(=O)OCONc1ccn([C@@H]2O[C@H](CO)[C@H]3OC(=O)O[C@H]32)c(=O)n1. The molecule has 0 aromatic carbocycles. The van der Waals surface area contributed by atoms with E-state index in [4.69, 9.17) is 23.8 Å². The van der Waals surface area contributed by atoms with Crippen molar-refractivity contribution in [2.45, 2.75) is 44.5 Å². The van der Waals surface area contributed by atoms with E-state index in [9.17, 15) is 19.5 Å². The summed E-state index contributed by atoms with van der Waals surface area (Å²) in [5.41, 5.74) is 1.60. The van der Waals surface area contributed by atoms with E-state index in [1.165, 1.54) is 12.3 Å². The molecule has 0 unspecified atom stereocenters. The fourth-order valence-corrected chi connectivity index (χ4v) is 2.67.